The maximum atomic E-state index is 13.1. The van der Waals surface area contributed by atoms with Crippen molar-refractivity contribution in [3.05, 3.63) is 63.9 Å². The van der Waals surface area contributed by atoms with Crippen molar-refractivity contribution < 1.29 is 4.39 Å². The minimum Gasteiger partial charge on any atom is -0.310 e. The minimum absolute atomic E-state index is 0.211. The van der Waals surface area contributed by atoms with Crippen molar-refractivity contribution in [2.45, 2.75) is 30.5 Å². The molecule has 4 heteroatoms. The Morgan fingerprint density at radius 2 is 1.90 bits per heavy atom. The smallest absolute Gasteiger partial charge is 0.124 e. The van der Waals surface area contributed by atoms with Crippen LogP contribution in [-0.4, -0.2) is 6.54 Å². The highest BCUT2D eigenvalue weighted by Gasteiger charge is 2.05. The third-order valence-corrected chi connectivity index (χ3v) is 5.10. The highest BCUT2D eigenvalue weighted by molar-refractivity contribution is 9.10. The number of nitrogens with one attached hydrogen (secondary N) is 1. The molecule has 0 heterocycles. The van der Waals surface area contributed by atoms with Crippen LogP contribution in [0.4, 0.5) is 4.39 Å². The summed E-state index contributed by atoms with van der Waals surface area (Å²) in [5, 5.41) is 3.40. The topological polar surface area (TPSA) is 12.0 Å². The molecule has 0 aliphatic rings. The Labute approximate surface area is 138 Å². The van der Waals surface area contributed by atoms with Crippen molar-refractivity contribution in [1.82, 2.24) is 5.32 Å². The molecule has 0 aromatic heterocycles. The minimum atomic E-state index is -0.211. The molecule has 21 heavy (non-hydrogen) atoms. The zero-order valence-corrected chi connectivity index (χ0v) is 14.6. The van der Waals surface area contributed by atoms with Crippen LogP contribution in [0.25, 0.3) is 0 Å². The maximum absolute atomic E-state index is 13.1. The van der Waals surface area contributed by atoms with E-state index in [-0.39, 0.29) is 5.82 Å². The summed E-state index contributed by atoms with van der Waals surface area (Å²) >= 11 is 5.16. The van der Waals surface area contributed by atoms with E-state index in [0.29, 0.717) is 6.04 Å². The fraction of sp³-hybridized carbons (Fsp3) is 0.294. The summed E-state index contributed by atoms with van der Waals surface area (Å²) in [7, 11) is 0. The molecule has 2 rings (SSSR count). The fourth-order valence-electron chi connectivity index (χ4n) is 2.08. The van der Waals surface area contributed by atoms with Crippen LogP contribution in [0.5, 0.6) is 0 Å². The first kappa shape index (κ1) is 16.5. The van der Waals surface area contributed by atoms with Crippen molar-refractivity contribution in [2.75, 3.05) is 6.54 Å². The molecule has 1 nitrogen and oxygen atoms in total. The molecule has 0 aliphatic carbocycles. The van der Waals surface area contributed by atoms with Crippen LogP contribution in [0, 0.1) is 5.82 Å². The lowest BCUT2D eigenvalue weighted by Crippen LogP contribution is -2.17. The van der Waals surface area contributed by atoms with Crippen LogP contribution in [-0.2, 0) is 5.75 Å². The van der Waals surface area contributed by atoms with Gasteiger partial charge in [0.2, 0.25) is 0 Å². The van der Waals surface area contributed by atoms with Crippen molar-refractivity contribution in [2.24, 2.45) is 0 Å². The normalized spacial score (nSPS) is 12.4. The van der Waals surface area contributed by atoms with E-state index in [2.05, 4.69) is 59.4 Å². The van der Waals surface area contributed by atoms with E-state index in [9.17, 15) is 4.39 Å². The maximum Gasteiger partial charge on any atom is 0.124 e. The lowest BCUT2D eigenvalue weighted by atomic mass is 10.1. The van der Waals surface area contributed by atoms with Crippen LogP contribution in [0.1, 0.15) is 31.0 Å². The number of thioether (sulfide) groups is 1. The van der Waals surface area contributed by atoms with E-state index in [1.807, 2.05) is 6.07 Å². The Bertz CT molecular complexity index is 586. The van der Waals surface area contributed by atoms with Gasteiger partial charge in [0.05, 0.1) is 0 Å². The van der Waals surface area contributed by atoms with Gasteiger partial charge in [-0.15, -0.1) is 11.8 Å². The summed E-state index contributed by atoms with van der Waals surface area (Å²) < 4.78 is 13.9. The molecule has 2 aromatic rings. The van der Waals surface area contributed by atoms with Gasteiger partial charge in [0.1, 0.15) is 5.82 Å². The molecule has 0 bridgehead atoms. The summed E-state index contributed by atoms with van der Waals surface area (Å²) in [5.74, 6) is 0.612. The van der Waals surface area contributed by atoms with Gasteiger partial charge >= 0.3 is 0 Å². The molecule has 2 aromatic carbocycles. The van der Waals surface area contributed by atoms with Crippen molar-refractivity contribution >= 4 is 27.7 Å². The first-order valence-electron chi connectivity index (χ1n) is 7.00. The standard InChI is InChI=1S/C17H19BrFNS/c1-3-20-12(2)13-5-8-16(9-6-13)21-11-14-4-7-15(19)10-17(14)18/h4-10,12,20H,3,11H2,1-2H3. The summed E-state index contributed by atoms with van der Waals surface area (Å²) in [4.78, 5) is 1.22. The number of hydrogen-bond donors (Lipinski definition) is 1. The second kappa shape index (κ2) is 7.97. The largest absolute Gasteiger partial charge is 0.310 e. The van der Waals surface area contributed by atoms with Gasteiger partial charge < -0.3 is 5.32 Å². The van der Waals surface area contributed by atoms with E-state index < -0.39 is 0 Å². The highest BCUT2D eigenvalue weighted by atomic mass is 79.9. The molecule has 1 N–H and O–H groups in total. The van der Waals surface area contributed by atoms with Crippen LogP contribution >= 0.6 is 27.7 Å². The first-order chi connectivity index (χ1) is 10.1. The number of halogens is 2. The number of hydrogen-bond acceptors (Lipinski definition) is 2. The zero-order chi connectivity index (χ0) is 15.2. The fourth-order valence-corrected chi connectivity index (χ4v) is 3.66. The molecule has 0 radical (unpaired) electrons. The lowest BCUT2D eigenvalue weighted by molar-refractivity contribution is 0.598. The average Bonchev–Trinajstić information content (AvgIpc) is 2.47. The summed E-state index contributed by atoms with van der Waals surface area (Å²) in [6.07, 6.45) is 0. The molecular weight excluding hydrogens is 349 g/mol. The van der Waals surface area contributed by atoms with Gasteiger partial charge in [-0.3, -0.25) is 0 Å². The molecule has 0 amide bonds. The molecule has 0 saturated heterocycles. The monoisotopic (exact) mass is 367 g/mol. The second-order valence-corrected chi connectivity index (χ2v) is 6.78. The third kappa shape index (κ3) is 4.83. The van der Waals surface area contributed by atoms with Crippen molar-refractivity contribution in [3.63, 3.8) is 0 Å². The average molecular weight is 368 g/mol. The van der Waals surface area contributed by atoms with Gasteiger partial charge in [-0.05, 0) is 48.9 Å². The Balaban J connectivity index is 1.97. The van der Waals surface area contributed by atoms with Crippen molar-refractivity contribution in [3.8, 4) is 0 Å². The van der Waals surface area contributed by atoms with E-state index in [1.54, 1.807) is 11.8 Å². The summed E-state index contributed by atoms with van der Waals surface area (Å²) in [6.45, 7) is 5.25. The number of rotatable bonds is 6. The van der Waals surface area contributed by atoms with Crippen LogP contribution in [0.15, 0.2) is 51.8 Å². The van der Waals surface area contributed by atoms with Gasteiger partial charge in [-0.25, -0.2) is 4.39 Å². The second-order valence-electron chi connectivity index (χ2n) is 4.87. The van der Waals surface area contributed by atoms with Gasteiger partial charge in [0, 0.05) is 21.2 Å². The van der Waals surface area contributed by atoms with Crippen LogP contribution in [0.2, 0.25) is 0 Å². The predicted octanol–water partition coefficient (Wildman–Crippen LogP) is 5.55. The molecular formula is C17H19BrFNS. The molecule has 0 spiro atoms. The summed E-state index contributed by atoms with van der Waals surface area (Å²) in [6, 6.07) is 13.8. The SMILES string of the molecule is CCNC(C)c1ccc(SCc2ccc(F)cc2Br)cc1. The molecule has 1 atom stereocenters. The Morgan fingerprint density at radius 1 is 1.19 bits per heavy atom. The van der Waals surface area contributed by atoms with Gasteiger partial charge in [0.15, 0.2) is 0 Å². The number of benzene rings is 2. The molecule has 0 fully saturated rings. The predicted molar refractivity (Wildman–Crippen MR) is 92.2 cm³/mol. The lowest BCUT2D eigenvalue weighted by Gasteiger charge is -2.13. The van der Waals surface area contributed by atoms with E-state index in [0.717, 1.165) is 22.3 Å². The van der Waals surface area contributed by atoms with E-state index in [1.165, 1.54) is 22.6 Å². The summed E-state index contributed by atoms with van der Waals surface area (Å²) in [5.41, 5.74) is 2.40. The highest BCUT2D eigenvalue weighted by Crippen LogP contribution is 2.28. The van der Waals surface area contributed by atoms with Crippen LogP contribution in [0.3, 0.4) is 0 Å². The zero-order valence-electron chi connectivity index (χ0n) is 12.2. The Morgan fingerprint density at radius 3 is 2.52 bits per heavy atom. The Kier molecular flexibility index (Phi) is 6.27. The molecule has 1 unspecified atom stereocenters. The quantitative estimate of drug-likeness (QED) is 0.671. The molecule has 0 aliphatic heterocycles. The molecule has 0 saturated carbocycles. The van der Waals surface area contributed by atoms with Gasteiger partial charge in [-0.2, -0.15) is 0 Å². The van der Waals surface area contributed by atoms with Gasteiger partial charge in [0.25, 0.3) is 0 Å². The first-order valence-corrected chi connectivity index (χ1v) is 8.78. The third-order valence-electron chi connectivity index (χ3n) is 3.30. The van der Waals surface area contributed by atoms with E-state index >= 15 is 0 Å². The Hall–Kier alpha value is -0.840. The van der Waals surface area contributed by atoms with E-state index in [4.69, 9.17) is 0 Å². The molecule has 112 valence electrons. The van der Waals surface area contributed by atoms with Crippen LogP contribution < -0.4 is 5.32 Å². The van der Waals surface area contributed by atoms with Crippen molar-refractivity contribution in [1.29, 1.82) is 0 Å². The van der Waals surface area contributed by atoms with Gasteiger partial charge in [-0.1, -0.05) is 41.1 Å².